The summed E-state index contributed by atoms with van der Waals surface area (Å²) in [6.07, 6.45) is 0. The quantitative estimate of drug-likeness (QED) is 0.195. The van der Waals surface area contributed by atoms with Gasteiger partial charge in [0.2, 0.25) is 0 Å². The van der Waals surface area contributed by atoms with Crippen LogP contribution in [0.1, 0.15) is 22.3 Å². The van der Waals surface area contributed by atoms with Crippen LogP contribution in [0.4, 0.5) is 11.4 Å². The van der Waals surface area contributed by atoms with Gasteiger partial charge in [0.25, 0.3) is 0 Å². The molecule has 262 valence electrons. The van der Waals surface area contributed by atoms with Gasteiger partial charge in [-0.25, -0.2) is 0 Å². The Morgan fingerprint density at radius 3 is 1.89 bits per heavy atom. The van der Waals surface area contributed by atoms with Crippen molar-refractivity contribution in [2.24, 2.45) is 0 Å². The van der Waals surface area contributed by atoms with Crippen LogP contribution in [0.25, 0.3) is 64.3 Å². The van der Waals surface area contributed by atoms with Gasteiger partial charge in [0.05, 0.1) is 5.41 Å². The summed E-state index contributed by atoms with van der Waals surface area (Å²) >= 11 is 1.89. The minimum Gasteiger partial charge on any atom is -0.457 e. The Kier molecular flexibility index (Phi) is 6.75. The molecular formula is C53H33NOS. The number of para-hydroxylation sites is 1. The van der Waals surface area contributed by atoms with E-state index in [2.05, 4.69) is 199 Å². The van der Waals surface area contributed by atoms with Crippen molar-refractivity contribution in [1.82, 2.24) is 0 Å². The topological polar surface area (TPSA) is 21.3 Å². The van der Waals surface area contributed by atoms with Gasteiger partial charge >= 0.3 is 0 Å². The monoisotopic (exact) mass is 731 g/mol. The molecule has 56 heavy (non-hydrogen) atoms. The molecule has 9 aromatic carbocycles. The zero-order valence-electron chi connectivity index (χ0n) is 30.3. The predicted octanol–water partition coefficient (Wildman–Crippen LogP) is 14.8. The first kappa shape index (κ1) is 31.4. The molecule has 0 bridgehead atoms. The molecule has 0 fully saturated rings. The first-order chi connectivity index (χ1) is 27.8. The largest absolute Gasteiger partial charge is 0.457 e. The number of thiophene rings is 1. The van der Waals surface area contributed by atoms with Crippen molar-refractivity contribution >= 4 is 53.7 Å². The van der Waals surface area contributed by atoms with Crippen LogP contribution >= 0.6 is 11.3 Å². The summed E-state index contributed by atoms with van der Waals surface area (Å²) in [5.41, 5.74) is 13.8. The second-order valence-corrected chi connectivity index (χ2v) is 15.9. The number of hydrogen-bond donors (Lipinski definition) is 1. The van der Waals surface area contributed by atoms with Gasteiger partial charge in [-0.3, -0.25) is 0 Å². The number of fused-ring (bicyclic) bond motifs is 14. The fraction of sp³-hybridized carbons (Fsp3) is 0.0189. The summed E-state index contributed by atoms with van der Waals surface area (Å²) in [6.45, 7) is 0. The minimum atomic E-state index is -0.521. The number of hydrogen-bond acceptors (Lipinski definition) is 3. The van der Waals surface area contributed by atoms with Crippen LogP contribution in [0.15, 0.2) is 194 Å². The third kappa shape index (κ3) is 4.43. The summed E-state index contributed by atoms with van der Waals surface area (Å²) in [7, 11) is 0. The zero-order valence-corrected chi connectivity index (χ0v) is 31.1. The molecule has 1 spiro atoms. The molecule has 0 amide bonds. The van der Waals surface area contributed by atoms with Crippen molar-refractivity contribution < 1.29 is 4.74 Å². The van der Waals surface area contributed by atoms with Gasteiger partial charge < -0.3 is 10.1 Å². The SMILES string of the molecule is c1cc(Nc2ccc(-c3cccc4c3C3(c5ccccc5O4)c4ccccc4-c4ccccc43)cc2)cc(-c2cc3ccccc3c3sc4ccccc4c23)c1. The Labute approximate surface area is 328 Å². The van der Waals surface area contributed by atoms with Gasteiger partial charge in [-0.15, -0.1) is 11.3 Å². The van der Waals surface area contributed by atoms with Crippen molar-refractivity contribution in [2.45, 2.75) is 5.41 Å². The van der Waals surface area contributed by atoms with Gasteiger partial charge in [-0.05, 0) is 104 Å². The number of nitrogens with one attached hydrogen (secondary N) is 1. The van der Waals surface area contributed by atoms with Gasteiger partial charge in [-0.1, -0.05) is 146 Å². The van der Waals surface area contributed by atoms with Crippen LogP contribution < -0.4 is 10.1 Å². The fourth-order valence-corrected chi connectivity index (χ4v) is 10.9. The summed E-state index contributed by atoms with van der Waals surface area (Å²) in [6, 6.07) is 70.5. The van der Waals surface area contributed by atoms with E-state index in [0.717, 1.165) is 28.4 Å². The number of anilines is 2. The van der Waals surface area contributed by atoms with Crippen molar-refractivity contribution in [3.8, 4) is 44.9 Å². The maximum atomic E-state index is 6.76. The smallest absolute Gasteiger partial charge is 0.132 e. The average molecular weight is 732 g/mol. The Bertz CT molecular complexity index is 3160. The maximum absolute atomic E-state index is 6.76. The first-order valence-corrected chi connectivity index (χ1v) is 20.0. The number of ether oxygens (including phenoxy) is 1. The average Bonchev–Trinajstić information content (AvgIpc) is 3.79. The zero-order chi connectivity index (χ0) is 36.8. The van der Waals surface area contributed by atoms with Crippen LogP contribution in [0.2, 0.25) is 0 Å². The van der Waals surface area contributed by atoms with Crippen LogP contribution in [0, 0.1) is 0 Å². The molecule has 10 aromatic rings. The highest BCUT2D eigenvalue weighted by Crippen LogP contribution is 2.63. The van der Waals surface area contributed by atoms with Crippen molar-refractivity contribution in [2.75, 3.05) is 5.32 Å². The highest BCUT2D eigenvalue weighted by Gasteiger charge is 2.52. The van der Waals surface area contributed by atoms with Crippen molar-refractivity contribution in [3.05, 3.63) is 216 Å². The molecule has 0 saturated heterocycles. The molecule has 2 nitrogen and oxygen atoms in total. The van der Waals surface area contributed by atoms with Crippen LogP contribution in [0.3, 0.4) is 0 Å². The highest BCUT2D eigenvalue weighted by molar-refractivity contribution is 7.26. The Morgan fingerprint density at radius 2 is 1.07 bits per heavy atom. The lowest BCUT2D eigenvalue weighted by Gasteiger charge is -2.40. The van der Waals surface area contributed by atoms with Crippen LogP contribution in [-0.4, -0.2) is 0 Å². The van der Waals surface area contributed by atoms with Crippen LogP contribution in [-0.2, 0) is 5.41 Å². The molecule has 2 heterocycles. The second-order valence-electron chi connectivity index (χ2n) is 14.8. The normalized spacial score (nSPS) is 13.3. The van der Waals surface area contributed by atoms with Crippen molar-refractivity contribution in [3.63, 3.8) is 0 Å². The Morgan fingerprint density at radius 1 is 0.429 bits per heavy atom. The van der Waals surface area contributed by atoms with E-state index < -0.39 is 5.41 Å². The molecule has 0 radical (unpaired) electrons. The Balaban J connectivity index is 0.956. The number of rotatable bonds is 4. The lowest BCUT2D eigenvalue weighted by atomic mass is 9.64. The van der Waals surface area contributed by atoms with Gasteiger partial charge in [0, 0.05) is 42.7 Å². The summed E-state index contributed by atoms with van der Waals surface area (Å²) < 4.78 is 9.42. The maximum Gasteiger partial charge on any atom is 0.132 e. The summed E-state index contributed by atoms with van der Waals surface area (Å²) in [5, 5.41) is 8.95. The molecule has 3 heteroatoms. The molecule has 1 aliphatic carbocycles. The van der Waals surface area contributed by atoms with E-state index in [1.165, 1.54) is 81.0 Å². The lowest BCUT2D eigenvalue weighted by Crippen LogP contribution is -2.32. The Hall–Kier alpha value is -6.94. The molecule has 1 N–H and O–H groups in total. The fourth-order valence-electron chi connectivity index (χ4n) is 9.61. The summed E-state index contributed by atoms with van der Waals surface area (Å²) in [5.74, 6) is 1.80. The van der Waals surface area contributed by atoms with E-state index in [1.807, 2.05) is 11.3 Å². The molecule has 0 saturated carbocycles. The first-order valence-electron chi connectivity index (χ1n) is 19.2. The minimum absolute atomic E-state index is 0.521. The molecule has 0 unspecified atom stereocenters. The second kappa shape index (κ2) is 12.0. The molecular weight excluding hydrogens is 699 g/mol. The third-order valence-electron chi connectivity index (χ3n) is 11.9. The van der Waals surface area contributed by atoms with E-state index in [1.54, 1.807) is 0 Å². The van der Waals surface area contributed by atoms with E-state index in [9.17, 15) is 0 Å². The van der Waals surface area contributed by atoms with E-state index >= 15 is 0 Å². The highest BCUT2D eigenvalue weighted by atomic mass is 32.1. The molecule has 12 rings (SSSR count). The van der Waals surface area contributed by atoms with Gasteiger partial charge in [0.15, 0.2) is 0 Å². The lowest BCUT2D eigenvalue weighted by molar-refractivity contribution is 0.437. The van der Waals surface area contributed by atoms with Crippen LogP contribution in [0.5, 0.6) is 11.5 Å². The van der Waals surface area contributed by atoms with Gasteiger partial charge in [0.1, 0.15) is 11.5 Å². The molecule has 1 aromatic heterocycles. The van der Waals surface area contributed by atoms with E-state index in [-0.39, 0.29) is 0 Å². The van der Waals surface area contributed by atoms with Gasteiger partial charge in [-0.2, -0.15) is 0 Å². The third-order valence-corrected chi connectivity index (χ3v) is 13.1. The standard InChI is InChI=1S/C53H33NOS/c1-2-16-39-35(13-1)32-43(50-42-19-5-10-26-49(42)56-52(39)50)34-14-11-15-37(31-34)54-36-29-27-33(28-30-36)38-20-12-25-48-51(38)53(46-23-8-9-24-47(46)55-48)44-21-6-3-17-40(44)41-18-4-7-22-45(41)53/h1-32,54H. The predicted molar refractivity (Wildman–Crippen MR) is 235 cm³/mol. The number of benzene rings is 9. The molecule has 2 aliphatic rings. The van der Waals surface area contributed by atoms with Crippen molar-refractivity contribution in [1.29, 1.82) is 0 Å². The van der Waals surface area contributed by atoms with E-state index in [4.69, 9.17) is 4.74 Å². The summed E-state index contributed by atoms with van der Waals surface area (Å²) in [4.78, 5) is 0. The molecule has 0 atom stereocenters. The molecule has 1 aliphatic heterocycles. The van der Waals surface area contributed by atoms with E-state index in [0.29, 0.717) is 0 Å².